The van der Waals surface area contributed by atoms with E-state index in [0.29, 0.717) is 38.2 Å². The fourth-order valence-electron chi connectivity index (χ4n) is 2.79. The van der Waals surface area contributed by atoms with E-state index in [1.165, 1.54) is 0 Å². The highest BCUT2D eigenvalue weighted by molar-refractivity contribution is 6.42. The number of fused-ring (bicyclic) bond motifs is 1. The molecule has 29 heavy (non-hydrogen) atoms. The third kappa shape index (κ3) is 4.92. The van der Waals surface area contributed by atoms with Crippen LogP contribution in [0, 0.1) is 6.92 Å². The number of carbonyl (C=O) groups excluding carboxylic acids is 2. The second-order valence-electron chi connectivity index (χ2n) is 7.55. The van der Waals surface area contributed by atoms with Crippen molar-refractivity contribution in [2.45, 2.75) is 33.3 Å². The van der Waals surface area contributed by atoms with Crippen LogP contribution in [0.5, 0.6) is 11.5 Å². The van der Waals surface area contributed by atoms with E-state index in [9.17, 15) is 9.59 Å². The lowest BCUT2D eigenvalue weighted by Crippen LogP contribution is -2.27. The summed E-state index contributed by atoms with van der Waals surface area (Å²) >= 11 is 12.0. The van der Waals surface area contributed by atoms with E-state index >= 15 is 0 Å². The van der Waals surface area contributed by atoms with Crippen LogP contribution in [0.3, 0.4) is 0 Å². The maximum absolute atomic E-state index is 12.7. The van der Waals surface area contributed by atoms with Crippen LogP contribution >= 0.6 is 23.2 Å². The minimum absolute atomic E-state index is 0.172. The number of ketones is 1. The Hall–Kier alpha value is -2.50. The molecule has 7 heteroatoms. The van der Waals surface area contributed by atoms with Gasteiger partial charge >= 0.3 is 5.97 Å². The molecule has 3 rings (SSSR count). The van der Waals surface area contributed by atoms with Gasteiger partial charge in [-0.2, -0.15) is 0 Å². The topological polar surface area (TPSA) is 61.8 Å². The van der Waals surface area contributed by atoms with E-state index in [1.54, 1.807) is 64.1 Å². The van der Waals surface area contributed by atoms with Crippen LogP contribution in [0.2, 0.25) is 10.0 Å². The molecule has 2 aromatic rings. The average Bonchev–Trinajstić information content (AvgIpc) is 2.93. The molecular formula is C22H20Cl2O5. The Bertz CT molecular complexity index is 1020. The molecule has 0 radical (unpaired) electrons. The molecule has 0 unspecified atom stereocenters. The molecular weight excluding hydrogens is 415 g/mol. The Kier molecular flexibility index (Phi) is 5.92. The predicted molar refractivity (Wildman–Crippen MR) is 112 cm³/mol. The Balaban J connectivity index is 1.79. The predicted octanol–water partition coefficient (Wildman–Crippen LogP) is 5.64. The van der Waals surface area contributed by atoms with E-state index in [4.69, 9.17) is 37.4 Å². The molecule has 0 bridgehead atoms. The van der Waals surface area contributed by atoms with Gasteiger partial charge in [-0.05, 0) is 63.6 Å². The normalized spacial score (nSPS) is 14.6. The van der Waals surface area contributed by atoms with Gasteiger partial charge in [-0.1, -0.05) is 29.3 Å². The van der Waals surface area contributed by atoms with E-state index < -0.39 is 11.6 Å². The van der Waals surface area contributed by atoms with Gasteiger partial charge in [0.15, 0.2) is 12.4 Å². The molecule has 0 spiro atoms. The molecule has 152 valence electrons. The van der Waals surface area contributed by atoms with Crippen LogP contribution in [0.15, 0.2) is 36.1 Å². The minimum atomic E-state index is -0.590. The number of carbonyl (C=O) groups is 2. The molecule has 0 saturated carbocycles. The Morgan fingerprint density at radius 3 is 2.52 bits per heavy atom. The number of Topliss-reactive ketones (excluding diaryl/α,β-unsaturated/α-hetero) is 1. The lowest BCUT2D eigenvalue weighted by atomic mass is 10.1. The van der Waals surface area contributed by atoms with Crippen molar-refractivity contribution in [3.63, 3.8) is 0 Å². The fraction of sp³-hybridized carbons (Fsp3) is 0.273. The number of ether oxygens (including phenoxy) is 3. The number of hydrogen-bond acceptors (Lipinski definition) is 5. The SMILES string of the molecule is Cc1c(OCC(=O)OC(C)(C)C)ccc2c1O/C(=C\c1ccc(Cl)c(Cl)c1)C2=O. The number of benzene rings is 2. The van der Waals surface area contributed by atoms with Gasteiger partial charge < -0.3 is 14.2 Å². The third-order valence-corrected chi connectivity index (χ3v) is 4.78. The lowest BCUT2D eigenvalue weighted by molar-refractivity contribution is -0.157. The molecule has 1 aliphatic heterocycles. The minimum Gasteiger partial charge on any atom is -0.481 e. The van der Waals surface area contributed by atoms with E-state index in [0.717, 1.165) is 0 Å². The molecule has 0 atom stereocenters. The van der Waals surface area contributed by atoms with Crippen molar-refractivity contribution in [3.05, 3.63) is 62.8 Å². The number of esters is 1. The van der Waals surface area contributed by atoms with Crippen molar-refractivity contribution in [3.8, 4) is 11.5 Å². The summed E-state index contributed by atoms with van der Waals surface area (Å²) in [6.45, 7) is 6.88. The third-order valence-electron chi connectivity index (χ3n) is 4.04. The number of rotatable bonds is 4. The second kappa shape index (κ2) is 8.09. The molecule has 0 aliphatic carbocycles. The molecule has 0 N–H and O–H groups in total. The van der Waals surface area contributed by atoms with Gasteiger partial charge in [-0.25, -0.2) is 4.79 Å². The maximum Gasteiger partial charge on any atom is 0.344 e. The quantitative estimate of drug-likeness (QED) is 0.460. The van der Waals surface area contributed by atoms with E-state index in [2.05, 4.69) is 0 Å². The fourth-order valence-corrected chi connectivity index (χ4v) is 3.09. The summed E-state index contributed by atoms with van der Waals surface area (Å²) in [6.07, 6.45) is 1.60. The van der Waals surface area contributed by atoms with Crippen molar-refractivity contribution >= 4 is 41.0 Å². The Morgan fingerprint density at radius 2 is 1.86 bits per heavy atom. The highest BCUT2D eigenvalue weighted by Crippen LogP contribution is 2.39. The van der Waals surface area contributed by atoms with Crippen LogP contribution in [0.25, 0.3) is 6.08 Å². The molecule has 1 heterocycles. The summed E-state index contributed by atoms with van der Waals surface area (Å²) in [5.74, 6) is 0.300. The summed E-state index contributed by atoms with van der Waals surface area (Å²) < 4.78 is 16.6. The summed E-state index contributed by atoms with van der Waals surface area (Å²) in [5.41, 5.74) is 1.15. The number of hydrogen-bond donors (Lipinski definition) is 0. The highest BCUT2D eigenvalue weighted by Gasteiger charge is 2.30. The lowest BCUT2D eigenvalue weighted by Gasteiger charge is -2.19. The van der Waals surface area contributed by atoms with Crippen molar-refractivity contribution in [2.24, 2.45) is 0 Å². The second-order valence-corrected chi connectivity index (χ2v) is 8.37. The summed E-state index contributed by atoms with van der Waals surface area (Å²) in [7, 11) is 0. The first kappa shape index (κ1) is 21.2. The van der Waals surface area contributed by atoms with Gasteiger partial charge in [-0.15, -0.1) is 0 Å². The van der Waals surface area contributed by atoms with Gasteiger partial charge in [0.25, 0.3) is 0 Å². The smallest absolute Gasteiger partial charge is 0.344 e. The van der Waals surface area contributed by atoms with Crippen molar-refractivity contribution in [1.82, 2.24) is 0 Å². The first-order valence-electron chi connectivity index (χ1n) is 8.93. The Morgan fingerprint density at radius 1 is 1.14 bits per heavy atom. The molecule has 0 saturated heterocycles. The summed E-state index contributed by atoms with van der Waals surface area (Å²) in [6, 6.07) is 8.30. The zero-order valence-electron chi connectivity index (χ0n) is 16.5. The van der Waals surface area contributed by atoms with Gasteiger partial charge in [0.2, 0.25) is 5.78 Å². The van der Waals surface area contributed by atoms with Crippen molar-refractivity contribution < 1.29 is 23.8 Å². The van der Waals surface area contributed by atoms with E-state index in [-0.39, 0.29) is 18.1 Å². The molecule has 0 fully saturated rings. The van der Waals surface area contributed by atoms with Crippen molar-refractivity contribution in [1.29, 1.82) is 0 Å². The van der Waals surface area contributed by atoms with Crippen LogP contribution in [0.1, 0.15) is 42.3 Å². The summed E-state index contributed by atoms with van der Waals surface area (Å²) in [4.78, 5) is 24.5. The van der Waals surface area contributed by atoms with Gasteiger partial charge in [0.05, 0.1) is 15.6 Å². The highest BCUT2D eigenvalue weighted by atomic mass is 35.5. The number of allylic oxidation sites excluding steroid dienone is 1. The van der Waals surface area contributed by atoms with Gasteiger partial charge in [-0.3, -0.25) is 4.79 Å². The van der Waals surface area contributed by atoms with Crippen molar-refractivity contribution in [2.75, 3.05) is 6.61 Å². The average molecular weight is 435 g/mol. The molecule has 5 nitrogen and oxygen atoms in total. The maximum atomic E-state index is 12.7. The van der Waals surface area contributed by atoms with Crippen LogP contribution in [0.4, 0.5) is 0 Å². The first-order valence-corrected chi connectivity index (χ1v) is 9.68. The standard InChI is InChI=1S/C22H20Cl2O5/c1-12-17(27-11-19(25)29-22(2,3)4)8-6-14-20(26)18(28-21(12)14)10-13-5-7-15(23)16(24)9-13/h5-10H,11H2,1-4H3/b18-10-. The zero-order chi connectivity index (χ0) is 21.3. The van der Waals surface area contributed by atoms with Crippen LogP contribution in [-0.2, 0) is 9.53 Å². The molecule has 0 aromatic heterocycles. The van der Waals surface area contributed by atoms with Crippen LogP contribution in [-0.4, -0.2) is 24.0 Å². The van der Waals surface area contributed by atoms with Crippen LogP contribution < -0.4 is 9.47 Å². The molecule has 2 aromatic carbocycles. The monoisotopic (exact) mass is 434 g/mol. The zero-order valence-corrected chi connectivity index (χ0v) is 18.0. The number of halogens is 2. The Labute approximate surface area is 179 Å². The molecule has 0 amide bonds. The first-order chi connectivity index (χ1) is 13.5. The van der Waals surface area contributed by atoms with E-state index in [1.807, 2.05) is 0 Å². The summed E-state index contributed by atoms with van der Waals surface area (Å²) in [5, 5.41) is 0.816. The largest absolute Gasteiger partial charge is 0.481 e. The molecule has 1 aliphatic rings. The van der Waals surface area contributed by atoms with Gasteiger partial charge in [0.1, 0.15) is 17.1 Å². The van der Waals surface area contributed by atoms with Gasteiger partial charge in [0, 0.05) is 5.56 Å².